The quantitative estimate of drug-likeness (QED) is 0.863. The van der Waals surface area contributed by atoms with Crippen molar-refractivity contribution >= 4 is 35.6 Å². The van der Waals surface area contributed by atoms with Gasteiger partial charge in [0.15, 0.2) is 0 Å². The normalized spacial score (nSPS) is 10.2. The monoisotopic (exact) mass is 344 g/mol. The molecule has 0 saturated carbocycles. The van der Waals surface area contributed by atoms with Gasteiger partial charge in [0.05, 0.1) is 23.2 Å². The predicted octanol–water partition coefficient (Wildman–Crippen LogP) is 3.85. The Labute approximate surface area is 140 Å². The molecule has 1 heterocycles. The Bertz CT molecular complexity index is 641. The summed E-state index contributed by atoms with van der Waals surface area (Å²) in [7, 11) is 0. The van der Waals surface area contributed by atoms with Crippen LogP contribution in [0.5, 0.6) is 5.75 Å². The van der Waals surface area contributed by atoms with Crippen molar-refractivity contribution in [3.8, 4) is 5.75 Å². The van der Waals surface area contributed by atoms with Crippen LogP contribution in [-0.4, -0.2) is 12.0 Å². The van der Waals surface area contributed by atoms with Crippen LogP contribution in [0.1, 0.15) is 30.0 Å². The Balaban J connectivity index is 0.00000242. The maximum absolute atomic E-state index is 12.0. The van der Waals surface area contributed by atoms with Gasteiger partial charge in [-0.05, 0) is 38.1 Å². The maximum Gasteiger partial charge on any atom is 0.258 e. The largest absolute Gasteiger partial charge is 0.489 e. The molecule has 0 radical (unpaired) electrons. The average Bonchev–Trinajstić information content (AvgIpc) is 2.90. The van der Waals surface area contributed by atoms with Crippen molar-refractivity contribution in [2.75, 3.05) is 5.32 Å². The molecule has 3 N–H and O–H groups in total. The maximum atomic E-state index is 12.0. The summed E-state index contributed by atoms with van der Waals surface area (Å²) in [6, 6.07) is 6.69. The molecule has 1 amide bonds. The second-order valence-corrected chi connectivity index (χ2v) is 5.18. The number of benzene rings is 1. The van der Waals surface area contributed by atoms with Crippen LogP contribution >= 0.6 is 24.0 Å². The van der Waals surface area contributed by atoms with E-state index in [0.717, 1.165) is 0 Å². The lowest BCUT2D eigenvalue weighted by Crippen LogP contribution is -2.11. The van der Waals surface area contributed by atoms with Gasteiger partial charge >= 0.3 is 0 Å². The molecular formula is C15H18Cl2N2O3. The first-order chi connectivity index (χ1) is 9.99. The third-order valence-corrected chi connectivity index (χ3v) is 2.96. The molecule has 0 aliphatic carbocycles. The minimum atomic E-state index is -0.285. The van der Waals surface area contributed by atoms with Gasteiger partial charge in [-0.3, -0.25) is 4.79 Å². The first-order valence-corrected chi connectivity index (χ1v) is 6.92. The van der Waals surface area contributed by atoms with Gasteiger partial charge in [0.1, 0.15) is 17.8 Å². The molecule has 120 valence electrons. The number of nitrogens with one attached hydrogen (secondary N) is 1. The van der Waals surface area contributed by atoms with Crippen molar-refractivity contribution in [2.45, 2.75) is 26.5 Å². The van der Waals surface area contributed by atoms with E-state index in [9.17, 15) is 4.79 Å². The molecule has 2 aromatic rings. The summed E-state index contributed by atoms with van der Waals surface area (Å²) in [5.41, 5.74) is 6.43. The summed E-state index contributed by atoms with van der Waals surface area (Å²) in [6.45, 7) is 4.08. The number of ether oxygens (including phenoxy) is 1. The van der Waals surface area contributed by atoms with Crippen LogP contribution in [0.4, 0.5) is 5.69 Å². The number of anilines is 1. The van der Waals surface area contributed by atoms with E-state index in [1.807, 2.05) is 13.8 Å². The van der Waals surface area contributed by atoms with E-state index in [0.29, 0.717) is 27.8 Å². The van der Waals surface area contributed by atoms with E-state index in [-0.39, 0.29) is 31.0 Å². The zero-order valence-electron chi connectivity index (χ0n) is 12.3. The van der Waals surface area contributed by atoms with Gasteiger partial charge in [0, 0.05) is 5.69 Å². The number of carbonyl (C=O) groups is 1. The number of furan rings is 1. The number of amides is 1. The molecule has 5 nitrogen and oxygen atoms in total. The highest BCUT2D eigenvalue weighted by molar-refractivity contribution is 6.32. The van der Waals surface area contributed by atoms with E-state index in [1.165, 1.54) is 6.26 Å². The molecular weight excluding hydrogens is 327 g/mol. The highest BCUT2D eigenvalue weighted by Gasteiger charge is 2.11. The Hall–Kier alpha value is -1.69. The van der Waals surface area contributed by atoms with Crippen LogP contribution in [0.3, 0.4) is 0 Å². The van der Waals surface area contributed by atoms with Crippen molar-refractivity contribution in [3.63, 3.8) is 0 Å². The molecule has 0 bridgehead atoms. The Morgan fingerprint density at radius 3 is 2.68 bits per heavy atom. The van der Waals surface area contributed by atoms with Crippen LogP contribution in [0.2, 0.25) is 5.02 Å². The molecule has 0 atom stereocenters. The fourth-order valence-electron chi connectivity index (χ4n) is 1.74. The highest BCUT2D eigenvalue weighted by atomic mass is 35.5. The summed E-state index contributed by atoms with van der Waals surface area (Å²) < 4.78 is 10.7. The Morgan fingerprint density at radius 1 is 1.41 bits per heavy atom. The molecule has 0 fully saturated rings. The molecule has 0 spiro atoms. The SMILES string of the molecule is CC(C)Oc1ccc(NC(=O)c2coc(CN)c2)cc1Cl.Cl. The molecule has 1 aromatic carbocycles. The minimum absolute atomic E-state index is 0. The number of hydrogen-bond acceptors (Lipinski definition) is 4. The van der Waals surface area contributed by atoms with Gasteiger partial charge < -0.3 is 20.2 Å². The third-order valence-electron chi connectivity index (χ3n) is 2.67. The van der Waals surface area contributed by atoms with Crippen molar-refractivity contribution < 1.29 is 13.9 Å². The van der Waals surface area contributed by atoms with Gasteiger partial charge in [-0.15, -0.1) is 12.4 Å². The average molecular weight is 345 g/mol. The van der Waals surface area contributed by atoms with E-state index in [4.69, 9.17) is 26.5 Å². The van der Waals surface area contributed by atoms with Crippen LogP contribution in [0.25, 0.3) is 0 Å². The van der Waals surface area contributed by atoms with E-state index in [2.05, 4.69) is 5.32 Å². The molecule has 22 heavy (non-hydrogen) atoms. The standard InChI is InChI=1S/C15H17ClN2O3.ClH/c1-9(2)21-14-4-3-11(6-13(14)16)18-15(19)10-5-12(7-17)20-8-10;/h3-6,8-9H,7,17H2,1-2H3,(H,18,19);1H. The van der Waals surface area contributed by atoms with Crippen molar-refractivity contribution in [2.24, 2.45) is 5.73 Å². The number of hydrogen-bond donors (Lipinski definition) is 2. The molecule has 0 saturated heterocycles. The van der Waals surface area contributed by atoms with Crippen LogP contribution in [-0.2, 0) is 6.54 Å². The number of halogens is 2. The second kappa shape index (κ2) is 8.08. The fourth-order valence-corrected chi connectivity index (χ4v) is 1.96. The van der Waals surface area contributed by atoms with Crippen LogP contribution in [0.15, 0.2) is 34.9 Å². The second-order valence-electron chi connectivity index (χ2n) is 4.77. The van der Waals surface area contributed by atoms with Gasteiger partial charge in [-0.1, -0.05) is 11.6 Å². The summed E-state index contributed by atoms with van der Waals surface area (Å²) in [6.07, 6.45) is 1.40. The molecule has 0 aliphatic rings. The number of nitrogens with two attached hydrogens (primary N) is 1. The van der Waals surface area contributed by atoms with Gasteiger partial charge in [-0.25, -0.2) is 0 Å². The fraction of sp³-hybridized carbons (Fsp3) is 0.267. The summed E-state index contributed by atoms with van der Waals surface area (Å²) in [5.74, 6) is 0.851. The topological polar surface area (TPSA) is 77.5 Å². The number of rotatable bonds is 5. The smallest absolute Gasteiger partial charge is 0.258 e. The summed E-state index contributed by atoms with van der Waals surface area (Å²) in [4.78, 5) is 12.0. The zero-order valence-corrected chi connectivity index (χ0v) is 13.8. The molecule has 2 rings (SSSR count). The minimum Gasteiger partial charge on any atom is -0.489 e. The summed E-state index contributed by atoms with van der Waals surface area (Å²) in [5, 5.41) is 3.18. The lowest BCUT2D eigenvalue weighted by molar-refractivity contribution is 0.102. The van der Waals surface area contributed by atoms with E-state index in [1.54, 1.807) is 24.3 Å². The predicted molar refractivity (Wildman–Crippen MR) is 89.0 cm³/mol. The molecule has 7 heteroatoms. The molecule has 1 aromatic heterocycles. The first-order valence-electron chi connectivity index (χ1n) is 6.54. The van der Waals surface area contributed by atoms with Crippen molar-refractivity contribution in [1.29, 1.82) is 0 Å². The highest BCUT2D eigenvalue weighted by Crippen LogP contribution is 2.28. The first kappa shape index (κ1) is 18.4. The summed E-state index contributed by atoms with van der Waals surface area (Å²) >= 11 is 6.12. The van der Waals surface area contributed by atoms with E-state index < -0.39 is 0 Å². The van der Waals surface area contributed by atoms with Crippen LogP contribution < -0.4 is 15.8 Å². The molecule has 0 unspecified atom stereocenters. The number of carbonyl (C=O) groups excluding carboxylic acids is 1. The van der Waals surface area contributed by atoms with Crippen molar-refractivity contribution in [3.05, 3.63) is 46.9 Å². The van der Waals surface area contributed by atoms with Gasteiger partial charge in [0.25, 0.3) is 5.91 Å². The van der Waals surface area contributed by atoms with Gasteiger partial charge in [-0.2, -0.15) is 0 Å². The Morgan fingerprint density at radius 2 is 2.14 bits per heavy atom. The third kappa shape index (κ3) is 4.66. The zero-order chi connectivity index (χ0) is 15.4. The van der Waals surface area contributed by atoms with Crippen LogP contribution in [0, 0.1) is 0 Å². The lowest BCUT2D eigenvalue weighted by atomic mass is 10.2. The van der Waals surface area contributed by atoms with Gasteiger partial charge in [0.2, 0.25) is 0 Å². The lowest BCUT2D eigenvalue weighted by Gasteiger charge is -2.12. The molecule has 0 aliphatic heterocycles. The Kier molecular flexibility index (Phi) is 6.74. The van der Waals surface area contributed by atoms with E-state index >= 15 is 0 Å². The van der Waals surface area contributed by atoms with Crippen molar-refractivity contribution in [1.82, 2.24) is 0 Å².